The number of hydrogen-bond donors (Lipinski definition) is 0. The van der Waals surface area contributed by atoms with Crippen molar-refractivity contribution < 1.29 is 9.53 Å². The Balaban J connectivity index is 1.05. The van der Waals surface area contributed by atoms with E-state index >= 15 is 0 Å². The van der Waals surface area contributed by atoms with E-state index in [1.165, 1.54) is 11.1 Å². The molecular formula is C33H27N3O2. The van der Waals surface area contributed by atoms with Gasteiger partial charge in [0.05, 0.1) is 5.69 Å². The monoisotopic (exact) mass is 497 g/mol. The van der Waals surface area contributed by atoms with Gasteiger partial charge in [0.2, 0.25) is 0 Å². The van der Waals surface area contributed by atoms with Crippen LogP contribution >= 0.6 is 0 Å². The van der Waals surface area contributed by atoms with Gasteiger partial charge in [-0.1, -0.05) is 72.8 Å². The Hall–Kier alpha value is -4.64. The molecule has 5 nitrogen and oxygen atoms in total. The smallest absolute Gasteiger partial charge is 0.254 e. The number of piperidine rings is 1. The summed E-state index contributed by atoms with van der Waals surface area (Å²) < 4.78 is 8.51. The predicted molar refractivity (Wildman–Crippen MR) is 150 cm³/mol. The lowest BCUT2D eigenvalue weighted by molar-refractivity contribution is 0.0329. The second-order valence-electron chi connectivity index (χ2n) is 10.1. The summed E-state index contributed by atoms with van der Waals surface area (Å²) in [4.78, 5) is 20.1. The number of benzene rings is 3. The van der Waals surface area contributed by atoms with E-state index in [4.69, 9.17) is 9.72 Å². The number of aromatic nitrogens is 2. The van der Waals surface area contributed by atoms with E-state index in [9.17, 15) is 4.79 Å². The van der Waals surface area contributed by atoms with Crippen LogP contribution in [0.2, 0.25) is 0 Å². The van der Waals surface area contributed by atoms with Gasteiger partial charge in [-0.15, -0.1) is 0 Å². The summed E-state index contributed by atoms with van der Waals surface area (Å²) in [5, 5.41) is 0. The van der Waals surface area contributed by atoms with E-state index in [1.807, 2.05) is 70.2 Å². The van der Waals surface area contributed by atoms with E-state index < -0.39 is 0 Å². The van der Waals surface area contributed by atoms with Gasteiger partial charge >= 0.3 is 0 Å². The molecule has 1 spiro atoms. The largest absolute Gasteiger partial charge is 0.482 e. The Morgan fingerprint density at radius 1 is 0.816 bits per heavy atom. The van der Waals surface area contributed by atoms with Crippen LogP contribution in [0.5, 0.6) is 5.75 Å². The molecule has 0 N–H and O–H groups in total. The number of imidazole rings is 1. The van der Waals surface area contributed by atoms with E-state index in [2.05, 4.69) is 54.6 Å². The van der Waals surface area contributed by atoms with Crippen LogP contribution in [-0.2, 0) is 0 Å². The third-order valence-corrected chi connectivity index (χ3v) is 7.67. The molecule has 0 radical (unpaired) electrons. The van der Waals surface area contributed by atoms with Crippen molar-refractivity contribution in [3.8, 4) is 28.1 Å². The molecule has 7 rings (SSSR count). The molecule has 4 heterocycles. The van der Waals surface area contributed by atoms with Crippen molar-refractivity contribution >= 4 is 17.6 Å². The van der Waals surface area contributed by atoms with Gasteiger partial charge in [-0.3, -0.25) is 4.79 Å². The molecule has 186 valence electrons. The fourth-order valence-electron chi connectivity index (χ4n) is 5.48. The molecule has 5 aromatic rings. The van der Waals surface area contributed by atoms with Crippen LogP contribution in [0.3, 0.4) is 0 Å². The third kappa shape index (κ3) is 4.06. The van der Waals surface area contributed by atoms with E-state index in [0.29, 0.717) is 18.7 Å². The first-order chi connectivity index (χ1) is 18.7. The van der Waals surface area contributed by atoms with Gasteiger partial charge in [0.1, 0.15) is 17.0 Å². The highest BCUT2D eigenvalue weighted by Gasteiger charge is 2.38. The summed E-state index contributed by atoms with van der Waals surface area (Å²) in [6.07, 6.45) is 9.81. The number of pyridine rings is 1. The summed E-state index contributed by atoms with van der Waals surface area (Å²) >= 11 is 0. The van der Waals surface area contributed by atoms with Gasteiger partial charge in [-0.2, -0.15) is 0 Å². The molecule has 0 aliphatic carbocycles. The molecule has 5 heteroatoms. The number of carbonyl (C=O) groups excluding carboxylic acids is 1. The number of likely N-dealkylation sites (tertiary alicyclic amines) is 1. The number of fused-ring (bicyclic) bond motifs is 2. The van der Waals surface area contributed by atoms with Crippen molar-refractivity contribution in [3.63, 3.8) is 0 Å². The average Bonchev–Trinajstić information content (AvgIpc) is 3.42. The second kappa shape index (κ2) is 9.03. The number of hydrogen-bond acceptors (Lipinski definition) is 3. The molecule has 2 aromatic heterocycles. The van der Waals surface area contributed by atoms with E-state index in [1.54, 1.807) is 0 Å². The molecule has 2 aliphatic heterocycles. The Labute approximate surface area is 221 Å². The van der Waals surface area contributed by atoms with E-state index in [0.717, 1.165) is 41.1 Å². The summed E-state index contributed by atoms with van der Waals surface area (Å²) in [5.41, 5.74) is 6.50. The molecule has 1 amide bonds. The number of amides is 1. The molecule has 0 unspecified atom stereocenters. The zero-order valence-corrected chi connectivity index (χ0v) is 21.0. The Bertz CT molecular complexity index is 1660. The lowest BCUT2D eigenvalue weighted by Gasteiger charge is -2.42. The first-order valence-electron chi connectivity index (χ1n) is 13.1. The molecule has 0 saturated carbocycles. The van der Waals surface area contributed by atoms with Crippen LogP contribution in [0, 0.1) is 0 Å². The first-order valence-corrected chi connectivity index (χ1v) is 13.1. The molecule has 38 heavy (non-hydrogen) atoms. The van der Waals surface area contributed by atoms with Crippen LogP contribution in [0.1, 0.15) is 28.8 Å². The average molecular weight is 498 g/mol. The first kappa shape index (κ1) is 22.5. The van der Waals surface area contributed by atoms with E-state index in [-0.39, 0.29) is 11.5 Å². The number of rotatable bonds is 3. The van der Waals surface area contributed by atoms with Gasteiger partial charge in [-0.05, 0) is 41.5 Å². The Morgan fingerprint density at radius 2 is 1.55 bits per heavy atom. The van der Waals surface area contributed by atoms with Gasteiger partial charge in [0.15, 0.2) is 0 Å². The zero-order valence-electron chi connectivity index (χ0n) is 21.0. The Morgan fingerprint density at radius 3 is 2.32 bits per heavy atom. The van der Waals surface area contributed by atoms with Crippen LogP contribution in [0.15, 0.2) is 109 Å². The van der Waals surface area contributed by atoms with Crippen molar-refractivity contribution in [1.82, 2.24) is 14.3 Å². The summed E-state index contributed by atoms with van der Waals surface area (Å²) in [7, 11) is 0. The highest BCUT2D eigenvalue weighted by atomic mass is 16.5. The molecule has 0 atom stereocenters. The van der Waals surface area contributed by atoms with Gasteiger partial charge in [0.25, 0.3) is 5.91 Å². The zero-order chi connectivity index (χ0) is 25.5. The normalized spacial score (nSPS) is 15.8. The lowest BCUT2D eigenvalue weighted by atomic mass is 9.87. The molecule has 1 saturated heterocycles. The third-order valence-electron chi connectivity index (χ3n) is 7.67. The predicted octanol–water partition coefficient (Wildman–Crippen LogP) is 6.75. The number of carbonyl (C=O) groups is 1. The second-order valence-corrected chi connectivity index (χ2v) is 10.1. The summed E-state index contributed by atoms with van der Waals surface area (Å²) in [5.74, 6) is 0.949. The maximum atomic E-state index is 13.4. The van der Waals surface area contributed by atoms with Crippen LogP contribution < -0.4 is 4.74 Å². The molecule has 0 bridgehead atoms. The van der Waals surface area contributed by atoms with Crippen LogP contribution in [0.4, 0.5) is 0 Å². The molecule has 2 aliphatic rings. The maximum Gasteiger partial charge on any atom is 0.254 e. The lowest BCUT2D eigenvalue weighted by Crippen LogP contribution is -2.49. The van der Waals surface area contributed by atoms with Crippen LogP contribution in [-0.4, -0.2) is 38.9 Å². The minimum absolute atomic E-state index is 0.0410. The van der Waals surface area contributed by atoms with Crippen molar-refractivity contribution in [2.45, 2.75) is 18.4 Å². The number of ether oxygens (including phenoxy) is 1. The highest BCUT2D eigenvalue weighted by molar-refractivity contribution is 5.95. The van der Waals surface area contributed by atoms with Crippen molar-refractivity contribution in [2.75, 3.05) is 13.1 Å². The van der Waals surface area contributed by atoms with Crippen LogP contribution in [0.25, 0.3) is 34.1 Å². The summed E-state index contributed by atoms with van der Waals surface area (Å²) in [6.45, 7) is 1.30. The SMILES string of the molecule is O=C(c1ccn2cc(-c3ccccc3)nc2c1)N1CCC2(C=Cc3cc(-c4ccccc4)ccc3O2)CC1. The number of nitrogens with zero attached hydrogens (tertiary/aromatic N) is 3. The van der Waals surface area contributed by atoms with Gasteiger partial charge < -0.3 is 14.0 Å². The minimum atomic E-state index is -0.365. The Kier molecular flexibility index (Phi) is 5.36. The minimum Gasteiger partial charge on any atom is -0.482 e. The molecule has 1 fully saturated rings. The standard InChI is InChI=1S/C33H27N3O2/c37-32(28-14-18-36-23-29(34-31(36)22-28)25-9-5-2-6-10-25)35-19-16-33(17-20-35)15-13-27-21-26(11-12-30(27)38-33)24-7-3-1-4-8-24/h1-15,18,21-23H,16-17,19-20H2. The topological polar surface area (TPSA) is 46.8 Å². The van der Waals surface area contributed by atoms with Gasteiger partial charge in [0, 0.05) is 55.0 Å². The maximum absolute atomic E-state index is 13.4. The quantitative estimate of drug-likeness (QED) is 0.277. The van der Waals surface area contributed by atoms with Crippen molar-refractivity contribution in [3.05, 3.63) is 121 Å². The molecular weight excluding hydrogens is 470 g/mol. The fraction of sp³-hybridized carbons (Fsp3) is 0.152. The van der Waals surface area contributed by atoms with Gasteiger partial charge in [-0.25, -0.2) is 4.98 Å². The molecule has 3 aromatic carbocycles. The summed E-state index contributed by atoms with van der Waals surface area (Å²) in [6, 6.07) is 30.6. The highest BCUT2D eigenvalue weighted by Crippen LogP contribution is 2.39. The fourth-order valence-corrected chi connectivity index (χ4v) is 5.48. The van der Waals surface area contributed by atoms with Crippen molar-refractivity contribution in [1.29, 1.82) is 0 Å². The van der Waals surface area contributed by atoms with Crippen molar-refractivity contribution in [2.24, 2.45) is 0 Å².